The minimum Gasteiger partial charge on any atom is -0.748 e. The Morgan fingerprint density at radius 1 is 0.797 bits per heavy atom. The summed E-state index contributed by atoms with van der Waals surface area (Å²) in [6, 6.07) is 18.2. The lowest BCUT2D eigenvalue weighted by atomic mass is 9.72. The molecule has 8 rings (SSSR count). The van der Waals surface area contributed by atoms with Gasteiger partial charge in [0.2, 0.25) is 5.69 Å². The highest BCUT2D eigenvalue weighted by Crippen LogP contribution is 2.58. The largest absolute Gasteiger partial charge is 0.748 e. The number of hydrogen-bond acceptors (Lipinski definition) is 14. The van der Waals surface area contributed by atoms with Crippen molar-refractivity contribution >= 4 is 74.6 Å². The molecule has 0 saturated heterocycles. The summed E-state index contributed by atoms with van der Waals surface area (Å²) < 4.78 is 130. The molecule has 0 aromatic heterocycles. The molecule has 0 spiro atoms. The summed E-state index contributed by atoms with van der Waals surface area (Å²) in [7, 11) is -17.0. The van der Waals surface area contributed by atoms with Crippen molar-refractivity contribution in [2.24, 2.45) is 17.7 Å². The molecule has 17 nitrogen and oxygen atoms in total. The van der Waals surface area contributed by atoms with Gasteiger partial charge in [-0.1, -0.05) is 50.3 Å². The van der Waals surface area contributed by atoms with Crippen LogP contribution in [0.1, 0.15) is 101 Å². The normalized spacial score (nSPS) is 20.9. The van der Waals surface area contributed by atoms with Gasteiger partial charge in [-0.15, -0.1) is 0 Å². The number of unbranched alkanes of at least 4 members (excludes halogenated alkanes) is 2. The number of fused-ring (bicyclic) bond motifs is 5. The molecule has 6 N–H and O–H groups in total. The number of hydrogen-bond donors (Lipinski definition) is 4. The van der Waals surface area contributed by atoms with Gasteiger partial charge < -0.3 is 9.45 Å². The van der Waals surface area contributed by atoms with E-state index in [0.717, 1.165) is 81.9 Å². The second kappa shape index (κ2) is 18.7. The van der Waals surface area contributed by atoms with Crippen LogP contribution in [0.15, 0.2) is 112 Å². The summed E-state index contributed by atoms with van der Waals surface area (Å²) in [5, 5.41) is 0. The minimum atomic E-state index is -4.54. The summed E-state index contributed by atoms with van der Waals surface area (Å²) in [4.78, 5) is 2.02. The van der Waals surface area contributed by atoms with E-state index in [-0.39, 0.29) is 29.2 Å². The van der Waals surface area contributed by atoms with Crippen molar-refractivity contribution in [3.8, 4) is 0 Å². The molecule has 2 heterocycles. The van der Waals surface area contributed by atoms with E-state index in [0.29, 0.717) is 31.8 Å². The average molecular weight is 1020 g/mol. The zero-order valence-electron chi connectivity index (χ0n) is 38.8. The third-order valence-electron chi connectivity index (χ3n) is 14.1. The number of nitrogens with zero attached hydrogens (tertiary/aromatic N) is 2. The fourth-order valence-corrected chi connectivity index (χ4v) is 13.1. The average Bonchev–Trinajstić information content (AvgIpc) is 3.82. The highest BCUT2D eigenvalue weighted by atomic mass is 32.2. The molecule has 21 heteroatoms. The van der Waals surface area contributed by atoms with E-state index >= 15 is 0 Å². The molecular weight excluding hydrogens is 967 g/mol. The predicted molar refractivity (Wildman–Crippen MR) is 263 cm³/mol. The Morgan fingerprint density at radius 2 is 1.49 bits per heavy atom. The smallest absolute Gasteiger partial charge is 0.357 e. The Bertz CT molecular complexity index is 3280. The molecule has 0 amide bonds. The van der Waals surface area contributed by atoms with Gasteiger partial charge in [0.1, 0.15) is 6.54 Å². The number of nitrogens with one attached hydrogen (secondary N) is 1. The first kappa shape index (κ1) is 50.6. The van der Waals surface area contributed by atoms with Crippen molar-refractivity contribution in [1.29, 1.82) is 0 Å². The van der Waals surface area contributed by atoms with Crippen LogP contribution in [0.3, 0.4) is 0 Å². The highest BCUT2D eigenvalue weighted by molar-refractivity contribution is 7.87. The first-order valence-electron chi connectivity index (χ1n) is 22.7. The molecule has 370 valence electrons. The zero-order valence-corrected chi connectivity index (χ0v) is 42.0. The van der Waals surface area contributed by atoms with E-state index in [9.17, 15) is 42.8 Å². The molecule has 3 aromatic carbocycles. The van der Waals surface area contributed by atoms with Crippen LogP contribution in [0.25, 0.3) is 11.1 Å². The number of benzene rings is 3. The van der Waals surface area contributed by atoms with Crippen LogP contribution in [0.2, 0.25) is 0 Å². The lowest BCUT2D eigenvalue weighted by Gasteiger charge is -2.32. The van der Waals surface area contributed by atoms with Crippen LogP contribution >= 0.6 is 0 Å². The predicted octanol–water partition coefficient (Wildman–Crippen LogP) is 6.77. The number of anilines is 2. The molecule has 3 aliphatic carbocycles. The van der Waals surface area contributed by atoms with Crippen molar-refractivity contribution in [2.75, 3.05) is 34.2 Å². The summed E-state index contributed by atoms with van der Waals surface area (Å²) in [6.45, 7) is 8.92. The fourth-order valence-electron chi connectivity index (χ4n) is 10.9. The Labute approximate surface area is 404 Å². The van der Waals surface area contributed by atoms with Crippen LogP contribution < -0.4 is 21.4 Å². The summed E-state index contributed by atoms with van der Waals surface area (Å²) >= 11 is 0. The van der Waals surface area contributed by atoms with Crippen molar-refractivity contribution in [3.63, 3.8) is 0 Å². The molecule has 2 aliphatic heterocycles. The topological polar surface area (TPSA) is 269 Å². The van der Waals surface area contributed by atoms with Gasteiger partial charge in [0, 0.05) is 53.2 Å². The third-order valence-corrected chi connectivity index (χ3v) is 17.5. The summed E-state index contributed by atoms with van der Waals surface area (Å²) in [5.74, 6) is 9.72. The SMILES string of the molecule is CC1(C)C(/C=C/C2=C3C4=C(/C(=C/C=C5/N(CCCCS(=O)(=O)ON)c6ccc(S(=O)(=O)ON)cc6C5(C)C)CCC4CC2)c2ccccc23)=[N+](CCCCS(=O)(=O)[O-])c2ccc(NS(=O)(=O)O)cc21. The maximum Gasteiger partial charge on any atom is 0.357 e. The molecule has 0 fully saturated rings. The van der Waals surface area contributed by atoms with Crippen molar-refractivity contribution in [2.45, 2.75) is 94.8 Å². The van der Waals surface area contributed by atoms with Gasteiger partial charge >= 0.3 is 20.4 Å². The molecule has 0 bridgehead atoms. The number of allylic oxidation sites excluding steroid dienone is 10. The van der Waals surface area contributed by atoms with Gasteiger partial charge in [0.15, 0.2) is 5.71 Å². The molecule has 69 heavy (non-hydrogen) atoms. The number of rotatable bonds is 18. The van der Waals surface area contributed by atoms with Gasteiger partial charge in [-0.2, -0.15) is 50.2 Å². The van der Waals surface area contributed by atoms with E-state index in [2.05, 4.69) is 59.2 Å². The minimum absolute atomic E-state index is 0.0837. The Kier molecular flexibility index (Phi) is 13.7. The van der Waals surface area contributed by atoms with Gasteiger partial charge in [-0.25, -0.2) is 8.42 Å². The molecule has 1 unspecified atom stereocenters. The molecule has 0 radical (unpaired) electrons. The van der Waals surface area contributed by atoms with Crippen LogP contribution in [0.5, 0.6) is 0 Å². The third kappa shape index (κ3) is 10.1. The van der Waals surface area contributed by atoms with Gasteiger partial charge in [0.25, 0.3) is 10.1 Å². The van der Waals surface area contributed by atoms with Gasteiger partial charge in [-0.05, 0) is 146 Å². The maximum atomic E-state index is 12.7. The fraction of sp³-hybridized carbons (Fsp3) is 0.396. The molecule has 3 aromatic rings. The van der Waals surface area contributed by atoms with Gasteiger partial charge in [-0.3, -0.25) is 9.27 Å². The second-order valence-corrected chi connectivity index (χ2v) is 25.1. The quantitative estimate of drug-likeness (QED) is 0.0443. The lowest BCUT2D eigenvalue weighted by Crippen LogP contribution is -2.28. The Morgan fingerprint density at radius 3 is 2.17 bits per heavy atom. The number of nitrogens with two attached hydrogens (primary N) is 2. The van der Waals surface area contributed by atoms with Crippen LogP contribution in [-0.2, 0) is 60.1 Å². The summed E-state index contributed by atoms with van der Waals surface area (Å²) in [5.41, 5.74) is 12.0. The van der Waals surface area contributed by atoms with Crippen LogP contribution in [0.4, 0.5) is 17.1 Å². The second-order valence-electron chi connectivity index (χ2n) is 19.1. The first-order chi connectivity index (χ1) is 32.4. The lowest BCUT2D eigenvalue weighted by molar-refractivity contribution is -0.438. The first-order valence-corrected chi connectivity index (χ1v) is 28.7. The maximum absolute atomic E-state index is 12.7. The van der Waals surface area contributed by atoms with E-state index in [4.69, 9.17) is 11.8 Å². The molecule has 0 saturated carbocycles. The van der Waals surface area contributed by atoms with Gasteiger partial charge in [0.05, 0.1) is 31.9 Å². The van der Waals surface area contributed by atoms with Crippen LogP contribution in [-0.4, -0.2) is 77.7 Å². The van der Waals surface area contributed by atoms with Crippen molar-refractivity contribution in [3.05, 3.63) is 130 Å². The van der Waals surface area contributed by atoms with E-state index < -0.39 is 57.2 Å². The van der Waals surface area contributed by atoms with E-state index in [1.807, 2.05) is 39.8 Å². The molecule has 1 atom stereocenters. The summed E-state index contributed by atoms with van der Waals surface area (Å²) in [6.07, 6.45) is 13.3. The van der Waals surface area contributed by atoms with Crippen LogP contribution in [0, 0.1) is 5.92 Å². The van der Waals surface area contributed by atoms with E-state index in [1.165, 1.54) is 22.8 Å². The standard InChI is InChI=1S/C48H57N5O12S4/c1-47(2)38-29-34(51-69(61,62)63)19-21-40(38)52(25-7-9-27-66(54,55)56)42(47)23-17-31-13-15-33-16-14-32(45-37-12-6-5-11-36(37)44(31)46(33)45)18-24-43-48(3,4)39-30-35(68(59,60)65-50)20-22-41(39)53(43)26-8-10-28-67(57,58)64-49/h5-6,11-12,17-24,29-30,33,51H,7-10,13-16,25-28,49-50H2,1-4H3,(H-,54,55,56,61,62,63). The van der Waals surface area contributed by atoms with Crippen molar-refractivity contribution < 1.29 is 55.9 Å². The Balaban J connectivity index is 1.20. The van der Waals surface area contributed by atoms with E-state index in [1.54, 1.807) is 30.3 Å². The Hall–Kier alpha value is -4.81. The molecule has 5 aliphatic rings. The monoisotopic (exact) mass is 1020 g/mol. The zero-order chi connectivity index (χ0) is 49.9. The van der Waals surface area contributed by atoms with Crippen molar-refractivity contribution in [1.82, 2.24) is 0 Å². The molecular formula is C48H57N5O12S4. The highest BCUT2D eigenvalue weighted by Gasteiger charge is 2.46.